The number of hydrogen-bond donors (Lipinski definition) is 1. The van der Waals surface area contributed by atoms with Gasteiger partial charge in [-0.3, -0.25) is 4.90 Å². The van der Waals surface area contributed by atoms with Crippen molar-refractivity contribution in [2.75, 3.05) is 13.6 Å². The summed E-state index contributed by atoms with van der Waals surface area (Å²) in [6.45, 7) is 9.80. The van der Waals surface area contributed by atoms with Crippen LogP contribution in [-0.4, -0.2) is 18.5 Å². The molecule has 1 unspecified atom stereocenters. The molecule has 2 rings (SSSR count). The standard InChI is InChI=1S/C18H26N2O/c1-12-8-14(3)17(9-13(12)2)18(10-19)20(5)11-16-7-6-15(4)21-16/h6-9,18H,10-11,19H2,1-5H3. The van der Waals surface area contributed by atoms with Gasteiger partial charge < -0.3 is 10.2 Å². The predicted octanol–water partition coefficient (Wildman–Crippen LogP) is 3.65. The molecule has 1 aromatic heterocycles. The van der Waals surface area contributed by atoms with Gasteiger partial charge in [-0.1, -0.05) is 12.1 Å². The lowest BCUT2D eigenvalue weighted by Crippen LogP contribution is -2.30. The van der Waals surface area contributed by atoms with Crippen molar-refractivity contribution in [2.24, 2.45) is 5.73 Å². The van der Waals surface area contributed by atoms with E-state index in [1.807, 2.05) is 19.1 Å². The van der Waals surface area contributed by atoms with Crippen LogP contribution in [0, 0.1) is 27.7 Å². The third-order valence-electron chi connectivity index (χ3n) is 4.20. The molecule has 0 radical (unpaired) electrons. The van der Waals surface area contributed by atoms with E-state index < -0.39 is 0 Å². The van der Waals surface area contributed by atoms with Crippen LogP contribution in [0.5, 0.6) is 0 Å². The Morgan fingerprint density at radius 3 is 2.29 bits per heavy atom. The van der Waals surface area contributed by atoms with Crippen molar-refractivity contribution in [1.29, 1.82) is 0 Å². The van der Waals surface area contributed by atoms with Gasteiger partial charge in [-0.15, -0.1) is 0 Å². The molecule has 1 heterocycles. The fraction of sp³-hybridized carbons (Fsp3) is 0.444. The second-order valence-electron chi connectivity index (χ2n) is 5.97. The first-order valence-electron chi connectivity index (χ1n) is 7.45. The number of rotatable bonds is 5. The summed E-state index contributed by atoms with van der Waals surface area (Å²) >= 11 is 0. The van der Waals surface area contributed by atoms with E-state index in [1.165, 1.54) is 22.3 Å². The van der Waals surface area contributed by atoms with E-state index in [2.05, 4.69) is 44.9 Å². The Morgan fingerprint density at radius 1 is 1.05 bits per heavy atom. The lowest BCUT2D eigenvalue weighted by molar-refractivity contribution is 0.221. The maximum absolute atomic E-state index is 6.05. The Morgan fingerprint density at radius 2 is 1.71 bits per heavy atom. The van der Waals surface area contributed by atoms with Gasteiger partial charge in [0.15, 0.2) is 0 Å². The quantitative estimate of drug-likeness (QED) is 0.912. The highest BCUT2D eigenvalue weighted by atomic mass is 16.3. The molecule has 0 bridgehead atoms. The molecule has 2 N–H and O–H groups in total. The first kappa shape index (κ1) is 15.8. The van der Waals surface area contributed by atoms with Crippen LogP contribution in [0.15, 0.2) is 28.7 Å². The third kappa shape index (κ3) is 3.55. The zero-order valence-electron chi connectivity index (χ0n) is 13.7. The van der Waals surface area contributed by atoms with Crippen molar-refractivity contribution in [3.8, 4) is 0 Å². The van der Waals surface area contributed by atoms with Gasteiger partial charge in [-0.25, -0.2) is 0 Å². The van der Waals surface area contributed by atoms with Crippen molar-refractivity contribution < 1.29 is 4.42 Å². The second kappa shape index (κ2) is 6.46. The number of nitrogens with zero attached hydrogens (tertiary/aromatic N) is 1. The Hall–Kier alpha value is -1.58. The molecule has 1 atom stereocenters. The van der Waals surface area contributed by atoms with Crippen molar-refractivity contribution in [3.05, 3.63) is 58.0 Å². The fourth-order valence-corrected chi connectivity index (χ4v) is 2.81. The van der Waals surface area contributed by atoms with Crippen LogP contribution >= 0.6 is 0 Å². The SMILES string of the molecule is Cc1ccc(CN(C)C(CN)c2cc(C)c(C)cc2C)o1. The molecule has 0 aliphatic carbocycles. The largest absolute Gasteiger partial charge is 0.465 e. The van der Waals surface area contributed by atoms with Gasteiger partial charge >= 0.3 is 0 Å². The van der Waals surface area contributed by atoms with Gasteiger partial charge in [0.1, 0.15) is 11.5 Å². The molecular formula is C18H26N2O. The molecular weight excluding hydrogens is 260 g/mol. The van der Waals surface area contributed by atoms with Gasteiger partial charge in [-0.05, 0) is 69.1 Å². The minimum Gasteiger partial charge on any atom is -0.465 e. The summed E-state index contributed by atoms with van der Waals surface area (Å²) in [5, 5.41) is 0. The molecule has 0 aliphatic rings. The topological polar surface area (TPSA) is 42.4 Å². The summed E-state index contributed by atoms with van der Waals surface area (Å²) < 4.78 is 5.68. The molecule has 3 nitrogen and oxygen atoms in total. The van der Waals surface area contributed by atoms with Crippen LogP contribution in [0.25, 0.3) is 0 Å². The Balaban J connectivity index is 2.24. The van der Waals surface area contributed by atoms with Crippen LogP contribution in [0.1, 0.15) is 39.8 Å². The molecule has 114 valence electrons. The molecule has 0 saturated carbocycles. The van der Waals surface area contributed by atoms with Crippen LogP contribution in [0.4, 0.5) is 0 Å². The normalized spacial score (nSPS) is 12.9. The summed E-state index contributed by atoms with van der Waals surface area (Å²) in [4.78, 5) is 2.26. The summed E-state index contributed by atoms with van der Waals surface area (Å²) in [6.07, 6.45) is 0. The first-order chi connectivity index (χ1) is 9.92. The smallest absolute Gasteiger partial charge is 0.118 e. The van der Waals surface area contributed by atoms with Gasteiger partial charge in [0.25, 0.3) is 0 Å². The van der Waals surface area contributed by atoms with Crippen molar-refractivity contribution >= 4 is 0 Å². The van der Waals surface area contributed by atoms with Crippen molar-refractivity contribution in [2.45, 2.75) is 40.3 Å². The van der Waals surface area contributed by atoms with E-state index in [0.717, 1.165) is 18.1 Å². The van der Waals surface area contributed by atoms with E-state index in [4.69, 9.17) is 10.2 Å². The number of aryl methyl sites for hydroxylation is 4. The molecule has 0 aliphatic heterocycles. The summed E-state index contributed by atoms with van der Waals surface area (Å²) in [6, 6.07) is 8.76. The second-order valence-corrected chi connectivity index (χ2v) is 5.97. The average Bonchev–Trinajstić information content (AvgIpc) is 2.81. The minimum absolute atomic E-state index is 0.203. The fourth-order valence-electron chi connectivity index (χ4n) is 2.81. The first-order valence-corrected chi connectivity index (χ1v) is 7.45. The van der Waals surface area contributed by atoms with Gasteiger partial charge in [0.2, 0.25) is 0 Å². The lowest BCUT2D eigenvalue weighted by atomic mass is 9.95. The lowest BCUT2D eigenvalue weighted by Gasteiger charge is -2.28. The average molecular weight is 286 g/mol. The number of nitrogens with two attached hydrogens (primary N) is 1. The minimum atomic E-state index is 0.203. The van der Waals surface area contributed by atoms with E-state index in [9.17, 15) is 0 Å². The van der Waals surface area contributed by atoms with Gasteiger partial charge in [0.05, 0.1) is 6.54 Å². The van der Waals surface area contributed by atoms with Crippen LogP contribution in [0.2, 0.25) is 0 Å². The van der Waals surface area contributed by atoms with Gasteiger partial charge in [-0.2, -0.15) is 0 Å². The molecule has 21 heavy (non-hydrogen) atoms. The monoisotopic (exact) mass is 286 g/mol. The molecule has 0 fully saturated rings. The summed E-state index contributed by atoms with van der Waals surface area (Å²) in [5.74, 6) is 1.93. The van der Waals surface area contributed by atoms with Crippen LogP contribution in [0.3, 0.4) is 0 Å². The number of hydrogen-bond acceptors (Lipinski definition) is 3. The van der Waals surface area contributed by atoms with Crippen LogP contribution < -0.4 is 5.73 Å². The molecule has 0 amide bonds. The molecule has 0 saturated heterocycles. The molecule has 0 spiro atoms. The maximum Gasteiger partial charge on any atom is 0.118 e. The maximum atomic E-state index is 6.05. The molecule has 2 aromatic rings. The van der Waals surface area contributed by atoms with E-state index >= 15 is 0 Å². The highest BCUT2D eigenvalue weighted by molar-refractivity contribution is 5.38. The Kier molecular flexibility index (Phi) is 4.86. The summed E-state index contributed by atoms with van der Waals surface area (Å²) in [7, 11) is 2.10. The number of benzene rings is 1. The van der Waals surface area contributed by atoms with Crippen molar-refractivity contribution in [1.82, 2.24) is 4.90 Å². The third-order valence-corrected chi connectivity index (χ3v) is 4.20. The van der Waals surface area contributed by atoms with E-state index in [-0.39, 0.29) is 6.04 Å². The highest BCUT2D eigenvalue weighted by Gasteiger charge is 2.19. The van der Waals surface area contributed by atoms with E-state index in [1.54, 1.807) is 0 Å². The Bertz CT molecular complexity index is 616. The zero-order valence-corrected chi connectivity index (χ0v) is 13.7. The molecule has 1 aromatic carbocycles. The van der Waals surface area contributed by atoms with Crippen molar-refractivity contribution in [3.63, 3.8) is 0 Å². The van der Waals surface area contributed by atoms with E-state index in [0.29, 0.717) is 6.54 Å². The zero-order chi connectivity index (χ0) is 15.6. The number of furan rings is 1. The highest BCUT2D eigenvalue weighted by Crippen LogP contribution is 2.26. The summed E-state index contributed by atoms with van der Waals surface area (Å²) in [5.41, 5.74) is 11.3. The van der Waals surface area contributed by atoms with Gasteiger partial charge in [0, 0.05) is 12.6 Å². The molecule has 3 heteroatoms. The van der Waals surface area contributed by atoms with Crippen LogP contribution in [-0.2, 0) is 6.54 Å². The predicted molar refractivity (Wildman–Crippen MR) is 87.4 cm³/mol. The Labute approximate surface area is 127 Å². The number of likely N-dealkylation sites (N-methyl/N-ethyl adjacent to an activating group) is 1.